The first-order chi connectivity index (χ1) is 11.0. The average molecular weight is 461 g/mol. The Labute approximate surface area is 156 Å². The maximum atomic E-state index is 11.8. The van der Waals surface area contributed by atoms with Crippen LogP contribution in [0.25, 0.3) is 0 Å². The highest BCUT2D eigenvalue weighted by atomic mass is 79.9. The fourth-order valence-corrected chi connectivity index (χ4v) is 3.58. The number of amides is 1. The second kappa shape index (κ2) is 8.47. The number of hydrogen-bond donors (Lipinski definition) is 1. The number of ether oxygens (including phenoxy) is 1. The first kappa shape index (κ1) is 18.0. The lowest BCUT2D eigenvalue weighted by molar-refractivity contribution is -0.123. The van der Waals surface area contributed by atoms with Crippen LogP contribution in [0, 0.1) is 6.92 Å². The second-order valence-electron chi connectivity index (χ2n) is 4.66. The van der Waals surface area contributed by atoms with Crippen molar-refractivity contribution >= 4 is 55.6 Å². The van der Waals surface area contributed by atoms with Crippen LogP contribution >= 0.6 is 43.5 Å². The van der Waals surface area contributed by atoms with Crippen molar-refractivity contribution in [2.75, 3.05) is 6.61 Å². The third-order valence-corrected chi connectivity index (χ3v) is 4.31. The van der Waals surface area contributed by atoms with Gasteiger partial charge in [-0.2, -0.15) is 5.10 Å². The number of halogens is 3. The molecule has 120 valence electrons. The molecule has 0 spiro atoms. The zero-order valence-corrected chi connectivity index (χ0v) is 16.1. The van der Waals surface area contributed by atoms with Crippen molar-refractivity contribution in [3.8, 4) is 5.75 Å². The van der Waals surface area contributed by atoms with E-state index in [-0.39, 0.29) is 12.5 Å². The molecule has 0 unspecified atom stereocenters. The van der Waals surface area contributed by atoms with Gasteiger partial charge in [-0.05, 0) is 62.5 Å². The van der Waals surface area contributed by atoms with Crippen LogP contribution in [0.2, 0.25) is 5.02 Å². The molecule has 2 aromatic carbocycles. The van der Waals surface area contributed by atoms with E-state index in [9.17, 15) is 4.79 Å². The van der Waals surface area contributed by atoms with Crippen molar-refractivity contribution in [1.82, 2.24) is 5.43 Å². The van der Waals surface area contributed by atoms with Gasteiger partial charge in [0.2, 0.25) is 0 Å². The van der Waals surface area contributed by atoms with Gasteiger partial charge in [0.25, 0.3) is 5.91 Å². The van der Waals surface area contributed by atoms with E-state index in [2.05, 4.69) is 42.4 Å². The van der Waals surface area contributed by atoms with Crippen molar-refractivity contribution < 1.29 is 9.53 Å². The third kappa shape index (κ3) is 5.34. The number of carbonyl (C=O) groups excluding carboxylic acids is 1. The minimum atomic E-state index is -0.368. The highest BCUT2D eigenvalue weighted by Gasteiger charge is 2.09. The number of benzene rings is 2. The Morgan fingerprint density at radius 1 is 1.30 bits per heavy atom. The second-order valence-corrected chi connectivity index (χ2v) is 6.78. The van der Waals surface area contributed by atoms with Crippen LogP contribution in [-0.4, -0.2) is 18.7 Å². The molecule has 2 aromatic rings. The summed E-state index contributed by atoms with van der Waals surface area (Å²) in [5.41, 5.74) is 4.19. The van der Waals surface area contributed by atoms with Crippen LogP contribution in [0.4, 0.5) is 0 Å². The SMILES string of the molecule is Cc1cc(Br)c(OCC(=O)N/N=C/c2ccccc2Cl)c(Br)c1. The number of nitrogens with zero attached hydrogens (tertiary/aromatic N) is 1. The van der Waals surface area contributed by atoms with Gasteiger partial charge in [-0.15, -0.1) is 0 Å². The number of aryl methyl sites for hydroxylation is 1. The minimum Gasteiger partial charge on any atom is -0.481 e. The molecule has 0 aromatic heterocycles. The summed E-state index contributed by atoms with van der Waals surface area (Å²) in [4.78, 5) is 11.8. The van der Waals surface area contributed by atoms with Gasteiger partial charge in [0, 0.05) is 10.6 Å². The third-order valence-electron chi connectivity index (χ3n) is 2.79. The predicted octanol–water partition coefficient (Wildman–Crippen LogP) is 4.70. The lowest BCUT2D eigenvalue weighted by atomic mass is 10.2. The quantitative estimate of drug-likeness (QED) is 0.519. The Morgan fingerprint density at radius 3 is 2.61 bits per heavy atom. The van der Waals surface area contributed by atoms with E-state index >= 15 is 0 Å². The molecule has 0 atom stereocenters. The van der Waals surface area contributed by atoms with E-state index in [4.69, 9.17) is 16.3 Å². The predicted molar refractivity (Wildman–Crippen MR) is 99.3 cm³/mol. The van der Waals surface area contributed by atoms with Crippen molar-refractivity contribution in [3.63, 3.8) is 0 Å². The molecule has 0 aliphatic heterocycles. The first-order valence-electron chi connectivity index (χ1n) is 6.62. The first-order valence-corrected chi connectivity index (χ1v) is 8.58. The summed E-state index contributed by atoms with van der Waals surface area (Å²) in [6.45, 7) is 1.82. The van der Waals surface area contributed by atoms with E-state index in [1.807, 2.05) is 31.2 Å². The normalized spacial score (nSPS) is 10.8. The van der Waals surface area contributed by atoms with Crippen LogP contribution in [0.15, 0.2) is 50.4 Å². The van der Waals surface area contributed by atoms with Gasteiger partial charge in [0.15, 0.2) is 6.61 Å². The van der Waals surface area contributed by atoms with Gasteiger partial charge < -0.3 is 4.74 Å². The molecule has 0 aliphatic rings. The molecule has 0 saturated carbocycles. The van der Waals surface area contributed by atoms with Gasteiger partial charge in [-0.25, -0.2) is 5.43 Å². The fraction of sp³-hybridized carbons (Fsp3) is 0.125. The van der Waals surface area contributed by atoms with E-state index in [0.717, 1.165) is 20.1 Å². The lowest BCUT2D eigenvalue weighted by Gasteiger charge is -2.10. The van der Waals surface area contributed by atoms with Crippen LogP contribution < -0.4 is 10.2 Å². The molecule has 0 heterocycles. The number of carbonyl (C=O) groups is 1. The Morgan fingerprint density at radius 2 is 1.96 bits per heavy atom. The highest BCUT2D eigenvalue weighted by molar-refractivity contribution is 9.11. The van der Waals surface area contributed by atoms with Crippen LogP contribution in [-0.2, 0) is 4.79 Å². The van der Waals surface area contributed by atoms with E-state index in [1.165, 1.54) is 6.21 Å². The summed E-state index contributed by atoms with van der Waals surface area (Å²) < 4.78 is 7.05. The Balaban J connectivity index is 1.90. The molecule has 0 bridgehead atoms. The Bertz CT molecular complexity index is 728. The number of rotatable bonds is 5. The van der Waals surface area contributed by atoms with Gasteiger partial charge in [-0.1, -0.05) is 29.8 Å². The molecular formula is C16H13Br2ClN2O2. The summed E-state index contributed by atoms with van der Waals surface area (Å²) in [5.74, 6) is 0.202. The summed E-state index contributed by atoms with van der Waals surface area (Å²) in [6.07, 6.45) is 1.48. The molecule has 2 rings (SSSR count). The van der Waals surface area contributed by atoms with Crippen molar-refractivity contribution in [1.29, 1.82) is 0 Å². The topological polar surface area (TPSA) is 50.7 Å². The van der Waals surface area contributed by atoms with Crippen LogP contribution in [0.5, 0.6) is 5.75 Å². The average Bonchev–Trinajstić information content (AvgIpc) is 2.48. The van der Waals surface area contributed by atoms with Crippen molar-refractivity contribution in [2.24, 2.45) is 5.10 Å². The van der Waals surface area contributed by atoms with E-state index in [0.29, 0.717) is 10.8 Å². The summed E-state index contributed by atoms with van der Waals surface area (Å²) in [5, 5.41) is 4.43. The molecule has 0 fully saturated rings. The van der Waals surface area contributed by atoms with Gasteiger partial charge in [0.05, 0.1) is 15.2 Å². The maximum Gasteiger partial charge on any atom is 0.277 e. The number of hydrogen-bond acceptors (Lipinski definition) is 3. The summed E-state index contributed by atoms with van der Waals surface area (Å²) in [6, 6.07) is 11.0. The van der Waals surface area contributed by atoms with Crippen molar-refractivity contribution in [2.45, 2.75) is 6.92 Å². The van der Waals surface area contributed by atoms with Crippen LogP contribution in [0.3, 0.4) is 0 Å². The summed E-state index contributed by atoms with van der Waals surface area (Å²) in [7, 11) is 0. The maximum absolute atomic E-state index is 11.8. The molecular weight excluding hydrogens is 447 g/mol. The van der Waals surface area contributed by atoms with Crippen molar-refractivity contribution in [3.05, 3.63) is 61.5 Å². The van der Waals surface area contributed by atoms with Gasteiger partial charge >= 0.3 is 0 Å². The molecule has 1 amide bonds. The largest absolute Gasteiger partial charge is 0.481 e. The lowest BCUT2D eigenvalue weighted by Crippen LogP contribution is -2.24. The molecule has 1 N–H and O–H groups in total. The zero-order chi connectivity index (χ0) is 16.8. The molecule has 7 heteroatoms. The van der Waals surface area contributed by atoms with E-state index < -0.39 is 0 Å². The zero-order valence-electron chi connectivity index (χ0n) is 12.1. The molecule has 23 heavy (non-hydrogen) atoms. The molecule has 0 aliphatic carbocycles. The van der Waals surface area contributed by atoms with Crippen LogP contribution in [0.1, 0.15) is 11.1 Å². The molecule has 4 nitrogen and oxygen atoms in total. The molecule has 0 radical (unpaired) electrons. The Kier molecular flexibility index (Phi) is 6.62. The van der Waals surface area contributed by atoms with Gasteiger partial charge in [0.1, 0.15) is 5.75 Å². The standard InChI is InChI=1S/C16H13Br2ClN2O2/c1-10-6-12(17)16(13(18)7-10)23-9-15(22)21-20-8-11-4-2-3-5-14(11)19/h2-8H,9H2,1H3,(H,21,22)/b20-8+. The molecule has 0 saturated heterocycles. The fourth-order valence-electron chi connectivity index (χ4n) is 1.75. The monoisotopic (exact) mass is 458 g/mol. The van der Waals surface area contributed by atoms with E-state index in [1.54, 1.807) is 12.1 Å². The van der Waals surface area contributed by atoms with Gasteiger partial charge in [-0.3, -0.25) is 4.79 Å². The summed E-state index contributed by atoms with van der Waals surface area (Å²) >= 11 is 12.8. The number of nitrogens with one attached hydrogen (secondary N) is 1. The number of hydrazone groups is 1. The smallest absolute Gasteiger partial charge is 0.277 e. The minimum absolute atomic E-state index is 0.153. The Hall–Kier alpha value is -1.37. The highest BCUT2D eigenvalue weighted by Crippen LogP contribution is 2.34.